The first-order valence-electron chi connectivity index (χ1n) is 27.3. The Hall–Kier alpha value is -9.14. The van der Waals surface area contributed by atoms with E-state index >= 15 is 0 Å². The molecule has 4 aromatic carbocycles. The molecule has 1 N–H and O–H groups in total. The average molecular weight is 1110 g/mol. The summed E-state index contributed by atoms with van der Waals surface area (Å²) in [4.78, 5) is 47.2. The molecule has 17 nitrogen and oxygen atoms in total. The lowest BCUT2D eigenvalue weighted by Gasteiger charge is -2.30. The molecular weight excluding hydrogens is 1050 g/mol. The molecule has 3 atom stereocenters. The molecule has 0 bridgehead atoms. The number of hydrogen-bond acceptors (Lipinski definition) is 14. The summed E-state index contributed by atoms with van der Waals surface area (Å²) in [6.45, 7) is 8.14. The van der Waals surface area contributed by atoms with Crippen LogP contribution >= 0.6 is 0 Å². The molecule has 82 heavy (non-hydrogen) atoms. The maximum Gasteiger partial charge on any atom is 0.335 e. The zero-order valence-electron chi connectivity index (χ0n) is 45.1. The lowest BCUT2D eigenvalue weighted by atomic mass is 9.98. The molecule has 2 fully saturated rings. The lowest BCUT2D eigenvalue weighted by molar-refractivity contribution is -0.0592. The smallest absolute Gasteiger partial charge is 0.335 e. The summed E-state index contributed by atoms with van der Waals surface area (Å²) in [7, 11) is 0. The quantitative estimate of drug-likeness (QED) is 0.0793. The summed E-state index contributed by atoms with van der Waals surface area (Å²) in [6, 6.07) is 34.4. The van der Waals surface area contributed by atoms with Crippen LogP contribution in [0.4, 0.5) is 8.78 Å². The summed E-state index contributed by atoms with van der Waals surface area (Å²) in [5, 5.41) is 27.3. The van der Waals surface area contributed by atoms with Crippen LogP contribution in [0.1, 0.15) is 105 Å². The van der Waals surface area contributed by atoms with E-state index in [0.29, 0.717) is 54.6 Å². The molecule has 1 unspecified atom stereocenters. The van der Waals surface area contributed by atoms with Crippen LogP contribution in [0.15, 0.2) is 128 Å². The van der Waals surface area contributed by atoms with Crippen molar-refractivity contribution in [2.24, 2.45) is 0 Å². The summed E-state index contributed by atoms with van der Waals surface area (Å²) >= 11 is 0. The van der Waals surface area contributed by atoms with Crippen molar-refractivity contribution in [3.8, 4) is 23.9 Å². The standard InChI is InChI=1S/C32H30FN5O3.C31H28FN5O4/c1-21(39)24-7-8-29-30(16-24)38(18-26-11-14-40-26)31(35-29)19-37-12-9-23(10-13-37)28-3-2-4-32(36-28)41-20-25-6-5-22(17-34)15-27(25)33;32-25-14-20(16-33)4-5-23(25)19-41-30-3-1-2-26(35-30)21-8-11-36(12-9-21)18-29-34-27-7-6-22(31(38)39)15-28(27)37(29)17-24-10-13-40-24/h2-9,12,15-16,23,26H,10-11,13-14,18-20H2,1H3;1-8,14-15,24H,9-13,17-19H2,(H,38,39)/t23?,26-;24-/m00/s1. The first-order valence-corrected chi connectivity index (χ1v) is 27.3. The number of halogens is 2. The van der Waals surface area contributed by atoms with Crippen molar-refractivity contribution >= 4 is 39.4 Å². The Labute approximate surface area is 471 Å². The highest BCUT2D eigenvalue weighted by Crippen LogP contribution is 2.31. The van der Waals surface area contributed by atoms with E-state index in [2.05, 4.69) is 47.3 Å². The third-order valence-corrected chi connectivity index (χ3v) is 15.2. The zero-order chi connectivity index (χ0) is 56.7. The molecule has 0 radical (unpaired) electrons. The highest BCUT2D eigenvalue weighted by Gasteiger charge is 2.27. The van der Waals surface area contributed by atoms with E-state index in [1.807, 2.05) is 54.6 Å². The number of nitriles is 2. The molecule has 4 aliphatic rings. The fourth-order valence-corrected chi connectivity index (χ4v) is 10.3. The zero-order valence-corrected chi connectivity index (χ0v) is 45.1. The van der Waals surface area contributed by atoms with E-state index < -0.39 is 17.6 Å². The van der Waals surface area contributed by atoms with Crippen LogP contribution in [0.3, 0.4) is 0 Å². The number of hydrogen-bond donors (Lipinski definition) is 1. The lowest BCUT2D eigenvalue weighted by Crippen LogP contribution is -2.33. The number of carboxylic acids is 1. The van der Waals surface area contributed by atoms with Crippen molar-refractivity contribution in [2.75, 3.05) is 32.8 Å². The minimum atomic E-state index is -0.959. The number of pyridine rings is 2. The van der Waals surface area contributed by atoms with Gasteiger partial charge in [0.05, 0.1) is 101 Å². The van der Waals surface area contributed by atoms with Crippen molar-refractivity contribution in [1.82, 2.24) is 38.9 Å². The fourth-order valence-electron chi connectivity index (χ4n) is 10.3. The Balaban J connectivity index is 0.000000172. The van der Waals surface area contributed by atoms with Crippen LogP contribution in [0, 0.1) is 34.3 Å². The number of carbonyl (C=O) groups is 2. The summed E-state index contributed by atoms with van der Waals surface area (Å²) in [6.07, 6.45) is 10.3. The van der Waals surface area contributed by atoms with E-state index in [0.717, 1.165) is 109 Å². The van der Waals surface area contributed by atoms with Crippen molar-refractivity contribution in [3.63, 3.8) is 0 Å². The Bertz CT molecular complexity index is 3850. The summed E-state index contributed by atoms with van der Waals surface area (Å²) in [5.41, 5.74) is 8.44. The van der Waals surface area contributed by atoms with Gasteiger partial charge in [-0.3, -0.25) is 9.69 Å². The maximum absolute atomic E-state index is 14.2. The normalized spacial score (nSPS) is 17.6. The minimum absolute atomic E-state index is 0.0156. The van der Waals surface area contributed by atoms with Crippen molar-refractivity contribution in [1.29, 1.82) is 10.5 Å². The number of ether oxygens (including phenoxy) is 4. The molecule has 2 saturated heterocycles. The second-order valence-corrected chi connectivity index (χ2v) is 20.7. The Morgan fingerprint density at radius 2 is 1.28 bits per heavy atom. The molecule has 4 aliphatic heterocycles. The second kappa shape index (κ2) is 24.7. The van der Waals surface area contributed by atoms with E-state index in [1.54, 1.807) is 61.5 Å². The molecule has 0 spiro atoms. The highest BCUT2D eigenvalue weighted by atomic mass is 19.1. The van der Waals surface area contributed by atoms with Gasteiger partial charge < -0.3 is 38.1 Å². The number of fused-ring (bicyclic) bond motifs is 2. The number of Topliss-reactive ketones (excluding diaryl/α,β-unsaturated/α-hetero) is 1. The number of carboxylic acid groups (broad SMARTS) is 1. The molecule has 0 amide bonds. The summed E-state index contributed by atoms with van der Waals surface area (Å²) in [5.74, 6) is 0.925. The molecule has 0 saturated carbocycles. The van der Waals surface area contributed by atoms with Crippen LogP contribution in [0.25, 0.3) is 27.6 Å². The number of aromatic nitrogens is 6. The van der Waals surface area contributed by atoms with E-state index in [9.17, 15) is 23.5 Å². The number of allylic oxidation sites excluding steroid dienone is 1. The molecule has 8 aromatic rings. The van der Waals surface area contributed by atoms with Gasteiger partial charge in [0, 0.05) is 67.6 Å². The van der Waals surface area contributed by atoms with E-state index in [4.69, 9.17) is 39.4 Å². The molecule has 8 heterocycles. The van der Waals surface area contributed by atoms with Gasteiger partial charge in [-0.15, -0.1) is 0 Å². The SMILES string of the molecule is CC(=O)c1ccc2nc(CN3C=CC(c4cccc(OCc5ccc(C#N)cc5F)n4)CC3)n(C[C@@H]3CCO3)c2c1.N#Cc1ccc(COc2cccc(C3=CCN(Cc4nc5ccc(C(=O)O)cc5n4C[C@@H]4CCO4)CC3)n2)c(F)c1. The Morgan fingerprint density at radius 3 is 1.80 bits per heavy atom. The Morgan fingerprint density at radius 1 is 0.695 bits per heavy atom. The molecule has 0 aliphatic carbocycles. The molecule has 4 aromatic heterocycles. The molecule has 12 rings (SSSR count). The van der Waals surface area contributed by atoms with Gasteiger partial charge in [-0.1, -0.05) is 36.4 Å². The average Bonchev–Trinajstić information content (AvgIpc) is 4.13. The minimum Gasteiger partial charge on any atom is -0.478 e. The van der Waals surface area contributed by atoms with Crippen molar-refractivity contribution in [3.05, 3.63) is 196 Å². The number of aromatic carboxylic acids is 1. The van der Waals surface area contributed by atoms with Gasteiger partial charge in [0.15, 0.2) is 5.78 Å². The van der Waals surface area contributed by atoms with Crippen molar-refractivity contribution in [2.45, 2.75) is 90.1 Å². The monoisotopic (exact) mass is 1100 g/mol. The number of nitrogens with zero attached hydrogens (tertiary/aromatic N) is 10. The van der Waals surface area contributed by atoms with Gasteiger partial charge in [-0.25, -0.2) is 33.5 Å². The van der Waals surface area contributed by atoms with Gasteiger partial charge in [0.25, 0.3) is 0 Å². The number of rotatable bonds is 18. The number of benzene rings is 4. The topological polar surface area (TPSA) is 207 Å². The first kappa shape index (κ1) is 54.8. The maximum atomic E-state index is 14.2. The number of carbonyl (C=O) groups excluding carboxylic acids is 1. The third kappa shape index (κ3) is 12.7. The fraction of sp³-hybridized carbons (Fsp3) is 0.302. The van der Waals surface area contributed by atoms with Gasteiger partial charge in [-0.2, -0.15) is 10.5 Å². The summed E-state index contributed by atoms with van der Waals surface area (Å²) < 4.78 is 55.7. The van der Waals surface area contributed by atoms with Crippen LogP contribution in [-0.2, 0) is 48.9 Å². The van der Waals surface area contributed by atoms with Crippen LogP contribution < -0.4 is 9.47 Å². The largest absolute Gasteiger partial charge is 0.478 e. The molecule has 19 heteroatoms. The Kier molecular flexibility index (Phi) is 16.5. The second-order valence-electron chi connectivity index (χ2n) is 20.7. The molecule has 416 valence electrons. The van der Waals surface area contributed by atoms with Gasteiger partial charge in [-0.05, 0) is 117 Å². The van der Waals surface area contributed by atoms with Crippen LogP contribution in [0.2, 0.25) is 0 Å². The molecular formula is C63H58F2N10O7. The number of imidazole rings is 2. The van der Waals surface area contributed by atoms with E-state index in [-0.39, 0.29) is 53.8 Å². The predicted molar refractivity (Wildman–Crippen MR) is 299 cm³/mol. The van der Waals surface area contributed by atoms with Crippen LogP contribution in [-0.4, -0.2) is 101 Å². The van der Waals surface area contributed by atoms with Gasteiger partial charge in [0.2, 0.25) is 11.8 Å². The first-order chi connectivity index (χ1) is 39.9. The highest BCUT2D eigenvalue weighted by molar-refractivity contribution is 5.97. The van der Waals surface area contributed by atoms with Gasteiger partial charge >= 0.3 is 5.97 Å². The van der Waals surface area contributed by atoms with E-state index in [1.165, 1.54) is 12.1 Å². The van der Waals surface area contributed by atoms with Crippen LogP contribution in [0.5, 0.6) is 11.8 Å². The third-order valence-electron chi connectivity index (χ3n) is 15.2. The van der Waals surface area contributed by atoms with Gasteiger partial charge in [0.1, 0.15) is 36.5 Å². The number of ketones is 1. The van der Waals surface area contributed by atoms with Crippen molar-refractivity contribution < 1.29 is 42.4 Å². The predicted octanol–water partition coefficient (Wildman–Crippen LogP) is 10.3.